The van der Waals surface area contributed by atoms with E-state index in [4.69, 9.17) is 25.3 Å². The van der Waals surface area contributed by atoms with Gasteiger partial charge in [0.25, 0.3) is 5.89 Å². The molecule has 0 atom stereocenters. The molecule has 6 heteroatoms. The molecule has 0 unspecified atom stereocenters. The Labute approximate surface area is 154 Å². The van der Waals surface area contributed by atoms with Gasteiger partial charge in [-0.15, -0.1) is 0 Å². The molecule has 0 aliphatic rings. The maximum absolute atomic E-state index is 5.87. The summed E-state index contributed by atoms with van der Waals surface area (Å²) in [6, 6.07) is 18.3. The standard InChI is InChI=1S/C20H13ClN2O3/c21-15-5-9-18(10-6-15)25-17-7-3-14(4-8-17)20-22-19(26-23-20)12-11-16-2-1-13-24-16/h1-13H. The number of benzene rings is 2. The predicted octanol–water partition coefficient (Wildman–Crippen LogP) is 5.95. The van der Waals surface area contributed by atoms with E-state index in [1.165, 1.54) is 0 Å². The molecular formula is C20H13ClN2O3. The molecule has 0 saturated heterocycles. The Balaban J connectivity index is 1.46. The lowest BCUT2D eigenvalue weighted by atomic mass is 10.2. The largest absolute Gasteiger partial charge is 0.465 e. The number of hydrogen-bond acceptors (Lipinski definition) is 5. The molecule has 0 radical (unpaired) electrons. The highest BCUT2D eigenvalue weighted by Crippen LogP contribution is 2.25. The molecule has 0 spiro atoms. The lowest BCUT2D eigenvalue weighted by molar-refractivity contribution is 0.411. The Morgan fingerprint density at radius 3 is 2.31 bits per heavy atom. The molecule has 0 amide bonds. The third kappa shape index (κ3) is 3.84. The minimum Gasteiger partial charge on any atom is -0.465 e. The van der Waals surface area contributed by atoms with Crippen LogP contribution in [0.5, 0.6) is 11.5 Å². The van der Waals surface area contributed by atoms with E-state index in [9.17, 15) is 0 Å². The van der Waals surface area contributed by atoms with Gasteiger partial charge in [-0.1, -0.05) is 16.8 Å². The van der Waals surface area contributed by atoms with Gasteiger partial charge in [-0.25, -0.2) is 0 Å². The first-order valence-electron chi connectivity index (χ1n) is 7.85. The summed E-state index contributed by atoms with van der Waals surface area (Å²) in [6.45, 7) is 0. The van der Waals surface area contributed by atoms with Crippen LogP contribution >= 0.6 is 11.6 Å². The molecule has 26 heavy (non-hydrogen) atoms. The summed E-state index contributed by atoms with van der Waals surface area (Å²) in [5.41, 5.74) is 0.829. The fraction of sp³-hybridized carbons (Fsp3) is 0. The van der Waals surface area contributed by atoms with Crippen molar-refractivity contribution in [3.05, 3.63) is 83.6 Å². The summed E-state index contributed by atoms with van der Waals surface area (Å²) >= 11 is 5.87. The van der Waals surface area contributed by atoms with Gasteiger partial charge in [-0.2, -0.15) is 4.98 Å². The molecule has 0 N–H and O–H groups in total. The van der Waals surface area contributed by atoms with E-state index >= 15 is 0 Å². The van der Waals surface area contributed by atoms with E-state index < -0.39 is 0 Å². The molecule has 128 valence electrons. The van der Waals surface area contributed by atoms with Gasteiger partial charge < -0.3 is 13.7 Å². The summed E-state index contributed by atoms with van der Waals surface area (Å²) in [5.74, 6) is 3.04. The molecular weight excluding hydrogens is 352 g/mol. The van der Waals surface area contributed by atoms with Crippen LogP contribution in [0.15, 0.2) is 75.9 Å². The van der Waals surface area contributed by atoms with E-state index in [2.05, 4.69) is 10.1 Å². The van der Waals surface area contributed by atoms with Crippen molar-refractivity contribution in [1.82, 2.24) is 10.1 Å². The molecule has 5 nitrogen and oxygen atoms in total. The quantitative estimate of drug-likeness (QED) is 0.438. The molecule has 4 aromatic rings. The Morgan fingerprint density at radius 1 is 0.885 bits per heavy atom. The second-order valence-electron chi connectivity index (χ2n) is 5.39. The van der Waals surface area contributed by atoms with Crippen molar-refractivity contribution < 1.29 is 13.7 Å². The van der Waals surface area contributed by atoms with E-state index in [0.717, 1.165) is 5.56 Å². The number of aromatic nitrogens is 2. The minimum atomic E-state index is 0.401. The van der Waals surface area contributed by atoms with Crippen molar-refractivity contribution in [1.29, 1.82) is 0 Å². The van der Waals surface area contributed by atoms with Gasteiger partial charge in [0.1, 0.15) is 17.3 Å². The predicted molar refractivity (Wildman–Crippen MR) is 98.9 cm³/mol. The number of furan rings is 1. The molecule has 0 aliphatic heterocycles. The highest BCUT2D eigenvalue weighted by Gasteiger charge is 2.07. The number of ether oxygens (including phenoxy) is 1. The summed E-state index contributed by atoms with van der Waals surface area (Å²) in [7, 11) is 0. The Morgan fingerprint density at radius 2 is 1.62 bits per heavy atom. The Bertz CT molecular complexity index is 1000. The van der Waals surface area contributed by atoms with Gasteiger partial charge in [0.05, 0.1) is 6.26 Å². The fourth-order valence-electron chi connectivity index (χ4n) is 2.27. The fourth-order valence-corrected chi connectivity index (χ4v) is 2.40. The first kappa shape index (κ1) is 16.2. The van der Waals surface area contributed by atoms with Gasteiger partial charge in [-0.3, -0.25) is 0 Å². The van der Waals surface area contributed by atoms with E-state index in [0.29, 0.717) is 34.0 Å². The summed E-state index contributed by atoms with van der Waals surface area (Å²) in [6.07, 6.45) is 5.07. The van der Waals surface area contributed by atoms with Crippen molar-refractivity contribution in [2.45, 2.75) is 0 Å². The minimum absolute atomic E-state index is 0.401. The van der Waals surface area contributed by atoms with Crippen LogP contribution in [0.3, 0.4) is 0 Å². The highest BCUT2D eigenvalue weighted by atomic mass is 35.5. The lowest BCUT2D eigenvalue weighted by Gasteiger charge is -2.05. The molecule has 0 aliphatic carbocycles. The van der Waals surface area contributed by atoms with Gasteiger partial charge in [0.2, 0.25) is 5.82 Å². The van der Waals surface area contributed by atoms with Crippen LogP contribution in [-0.4, -0.2) is 10.1 Å². The van der Waals surface area contributed by atoms with Crippen molar-refractivity contribution in [3.63, 3.8) is 0 Å². The smallest absolute Gasteiger partial charge is 0.251 e. The second-order valence-corrected chi connectivity index (χ2v) is 5.82. The molecule has 2 heterocycles. The van der Waals surface area contributed by atoms with Crippen LogP contribution in [0.1, 0.15) is 11.7 Å². The highest BCUT2D eigenvalue weighted by molar-refractivity contribution is 6.30. The third-order valence-corrected chi connectivity index (χ3v) is 3.79. The average molecular weight is 365 g/mol. The molecule has 0 fully saturated rings. The SMILES string of the molecule is Clc1ccc(Oc2ccc(-c3noc(C=Cc4ccco4)n3)cc2)cc1. The number of nitrogens with zero attached hydrogens (tertiary/aromatic N) is 2. The molecule has 2 aromatic carbocycles. The monoisotopic (exact) mass is 364 g/mol. The zero-order chi connectivity index (χ0) is 17.8. The zero-order valence-corrected chi connectivity index (χ0v) is 14.3. The van der Waals surface area contributed by atoms with E-state index in [1.54, 1.807) is 30.5 Å². The van der Waals surface area contributed by atoms with Crippen molar-refractivity contribution in [2.24, 2.45) is 0 Å². The summed E-state index contributed by atoms with van der Waals surface area (Å²) < 4.78 is 16.2. The number of hydrogen-bond donors (Lipinski definition) is 0. The van der Waals surface area contributed by atoms with Crippen LogP contribution in [0.2, 0.25) is 5.02 Å². The van der Waals surface area contributed by atoms with Gasteiger partial charge in [0.15, 0.2) is 0 Å². The van der Waals surface area contributed by atoms with Gasteiger partial charge in [-0.05, 0) is 66.7 Å². The molecule has 0 saturated carbocycles. The Kier molecular flexibility index (Phi) is 4.53. The van der Waals surface area contributed by atoms with Crippen LogP contribution in [-0.2, 0) is 0 Å². The van der Waals surface area contributed by atoms with Crippen molar-refractivity contribution in [3.8, 4) is 22.9 Å². The van der Waals surface area contributed by atoms with Crippen LogP contribution in [0.4, 0.5) is 0 Å². The second kappa shape index (κ2) is 7.29. The number of halogens is 1. The summed E-state index contributed by atoms with van der Waals surface area (Å²) in [4.78, 5) is 4.34. The van der Waals surface area contributed by atoms with Crippen molar-refractivity contribution in [2.75, 3.05) is 0 Å². The first-order chi connectivity index (χ1) is 12.8. The third-order valence-electron chi connectivity index (χ3n) is 3.54. The average Bonchev–Trinajstić information content (AvgIpc) is 3.34. The van der Waals surface area contributed by atoms with Gasteiger partial charge >= 0.3 is 0 Å². The van der Waals surface area contributed by atoms with Crippen LogP contribution in [0, 0.1) is 0 Å². The van der Waals surface area contributed by atoms with Crippen LogP contribution in [0.25, 0.3) is 23.5 Å². The van der Waals surface area contributed by atoms with E-state index in [1.807, 2.05) is 48.5 Å². The molecule has 0 bridgehead atoms. The van der Waals surface area contributed by atoms with Crippen molar-refractivity contribution >= 4 is 23.8 Å². The summed E-state index contributed by atoms with van der Waals surface area (Å²) in [5, 5.41) is 4.65. The maximum atomic E-state index is 5.87. The lowest BCUT2D eigenvalue weighted by Crippen LogP contribution is -1.85. The number of rotatable bonds is 5. The van der Waals surface area contributed by atoms with Crippen LogP contribution < -0.4 is 4.74 Å². The normalized spacial score (nSPS) is 11.1. The zero-order valence-electron chi connectivity index (χ0n) is 13.5. The maximum Gasteiger partial charge on any atom is 0.251 e. The topological polar surface area (TPSA) is 61.3 Å². The van der Waals surface area contributed by atoms with Gasteiger partial charge in [0, 0.05) is 16.7 Å². The molecule has 2 aromatic heterocycles. The molecule has 4 rings (SSSR count). The first-order valence-corrected chi connectivity index (χ1v) is 8.23. The van der Waals surface area contributed by atoms with E-state index in [-0.39, 0.29) is 0 Å². The Hall–Kier alpha value is -3.31.